The summed E-state index contributed by atoms with van der Waals surface area (Å²) in [6.07, 6.45) is 1.72. The van der Waals surface area contributed by atoms with Crippen LogP contribution in [0.25, 0.3) is 6.08 Å². The Bertz CT molecular complexity index is 512. The first-order valence-corrected chi connectivity index (χ1v) is 7.42. The van der Waals surface area contributed by atoms with Crippen molar-refractivity contribution in [2.45, 2.75) is 0 Å². The van der Waals surface area contributed by atoms with E-state index in [0.29, 0.717) is 28.1 Å². The van der Waals surface area contributed by atoms with Crippen LogP contribution in [-0.4, -0.2) is 35.4 Å². The molecule has 4 nitrogen and oxygen atoms in total. The molecule has 1 saturated heterocycles. The number of hydrogen-bond donors (Lipinski definition) is 0. The molecule has 0 aromatic carbocycles. The van der Waals surface area contributed by atoms with Crippen molar-refractivity contribution in [3.05, 3.63) is 26.6 Å². The molecule has 7 heteroatoms. The molecule has 1 aliphatic rings. The van der Waals surface area contributed by atoms with Crippen molar-refractivity contribution >= 4 is 62.9 Å². The minimum absolute atomic E-state index is 0.0894. The first-order valence-electron chi connectivity index (χ1n) is 5.11. The Balaban J connectivity index is 2.14. The van der Waals surface area contributed by atoms with Gasteiger partial charge >= 0.3 is 0 Å². The molecule has 0 N–H and O–H groups in total. The van der Waals surface area contributed by atoms with Gasteiger partial charge in [-0.3, -0.25) is 9.69 Å². The maximum atomic E-state index is 12.1. The molecule has 0 bridgehead atoms. The Kier molecular flexibility index (Phi) is 4.82. The summed E-state index contributed by atoms with van der Waals surface area (Å²) in [5, 5.41) is 0. The highest BCUT2D eigenvalue weighted by Gasteiger charge is 2.31. The van der Waals surface area contributed by atoms with E-state index in [9.17, 15) is 4.79 Å². The van der Waals surface area contributed by atoms with Crippen LogP contribution in [0.1, 0.15) is 5.76 Å². The predicted octanol–water partition coefficient (Wildman–Crippen LogP) is 2.73. The third-order valence-corrected chi connectivity index (χ3v) is 4.22. The lowest BCUT2D eigenvalue weighted by Gasteiger charge is -2.12. The number of amides is 1. The number of halogens is 1. The smallest absolute Gasteiger partial charge is 0.266 e. The highest BCUT2D eigenvalue weighted by molar-refractivity contribution is 14.1. The Labute approximate surface area is 128 Å². The Morgan fingerprint density at radius 3 is 3.00 bits per heavy atom. The lowest BCUT2D eigenvalue weighted by Crippen LogP contribution is -2.31. The maximum absolute atomic E-state index is 12.1. The van der Waals surface area contributed by atoms with Crippen molar-refractivity contribution in [3.8, 4) is 0 Å². The number of ether oxygens (including phenoxy) is 1. The Morgan fingerprint density at radius 2 is 2.39 bits per heavy atom. The number of thiocarbonyl (C=S) groups is 1. The fourth-order valence-electron chi connectivity index (χ4n) is 1.41. The van der Waals surface area contributed by atoms with Crippen LogP contribution in [-0.2, 0) is 9.53 Å². The van der Waals surface area contributed by atoms with Crippen molar-refractivity contribution < 1.29 is 13.9 Å². The van der Waals surface area contributed by atoms with Gasteiger partial charge in [0.05, 0.1) is 18.1 Å². The molecule has 18 heavy (non-hydrogen) atoms. The highest BCUT2D eigenvalue weighted by Crippen LogP contribution is 2.32. The topological polar surface area (TPSA) is 42.7 Å². The molecule has 0 unspecified atom stereocenters. The summed E-state index contributed by atoms with van der Waals surface area (Å²) in [5.74, 6) is 0.570. The van der Waals surface area contributed by atoms with Gasteiger partial charge in [0.25, 0.3) is 5.91 Å². The van der Waals surface area contributed by atoms with Crippen LogP contribution < -0.4 is 0 Å². The van der Waals surface area contributed by atoms with E-state index in [1.165, 1.54) is 11.8 Å². The third kappa shape index (κ3) is 3.14. The van der Waals surface area contributed by atoms with Gasteiger partial charge in [0.1, 0.15) is 10.1 Å². The average molecular weight is 395 g/mol. The zero-order chi connectivity index (χ0) is 13.1. The molecule has 0 radical (unpaired) electrons. The number of rotatable bonds is 4. The van der Waals surface area contributed by atoms with Crippen LogP contribution in [0, 0.1) is 3.77 Å². The summed E-state index contributed by atoms with van der Waals surface area (Å²) in [7, 11) is 1.60. The number of hydrogen-bond acceptors (Lipinski definition) is 5. The van der Waals surface area contributed by atoms with E-state index < -0.39 is 0 Å². The second-order valence-corrected chi connectivity index (χ2v) is 6.21. The zero-order valence-electron chi connectivity index (χ0n) is 9.51. The molecule has 1 aromatic rings. The maximum Gasteiger partial charge on any atom is 0.266 e. The largest absolute Gasteiger partial charge is 0.451 e. The van der Waals surface area contributed by atoms with Gasteiger partial charge in [-0.1, -0.05) is 24.0 Å². The molecule has 1 aromatic heterocycles. The fourth-order valence-corrected chi connectivity index (χ4v) is 3.13. The Hall–Kier alpha value is -0.380. The molecule has 96 valence electrons. The number of thioether (sulfide) groups is 1. The molecule has 0 saturated carbocycles. The monoisotopic (exact) mass is 395 g/mol. The second kappa shape index (κ2) is 6.18. The summed E-state index contributed by atoms with van der Waals surface area (Å²) < 4.78 is 11.7. The van der Waals surface area contributed by atoms with E-state index in [2.05, 4.69) is 22.6 Å². The Morgan fingerprint density at radius 1 is 1.61 bits per heavy atom. The van der Waals surface area contributed by atoms with E-state index >= 15 is 0 Å². The summed E-state index contributed by atoms with van der Waals surface area (Å²) >= 11 is 8.53. The molecule has 1 aliphatic heterocycles. The number of furan rings is 1. The molecule has 2 heterocycles. The van der Waals surface area contributed by atoms with Gasteiger partial charge in [-0.25, -0.2) is 0 Å². The van der Waals surface area contributed by atoms with Crippen LogP contribution in [0.5, 0.6) is 0 Å². The third-order valence-electron chi connectivity index (χ3n) is 2.26. The van der Waals surface area contributed by atoms with Crippen molar-refractivity contribution in [2.75, 3.05) is 20.3 Å². The van der Waals surface area contributed by atoms with Gasteiger partial charge in [-0.15, -0.1) is 0 Å². The quantitative estimate of drug-likeness (QED) is 0.446. The van der Waals surface area contributed by atoms with Gasteiger partial charge in [0, 0.05) is 13.2 Å². The van der Waals surface area contributed by atoms with Crippen LogP contribution in [0.15, 0.2) is 21.5 Å². The first kappa shape index (κ1) is 14.0. The van der Waals surface area contributed by atoms with Crippen LogP contribution >= 0.6 is 46.6 Å². The minimum atomic E-state index is -0.0894. The molecular weight excluding hydrogens is 385 g/mol. The number of methoxy groups -OCH3 is 1. The van der Waals surface area contributed by atoms with Crippen LogP contribution in [0.2, 0.25) is 0 Å². The summed E-state index contributed by atoms with van der Waals surface area (Å²) in [6.45, 7) is 0.951. The van der Waals surface area contributed by atoms with E-state index in [-0.39, 0.29) is 5.91 Å². The van der Waals surface area contributed by atoms with Crippen LogP contribution in [0.4, 0.5) is 0 Å². The lowest BCUT2D eigenvalue weighted by molar-refractivity contribution is -0.122. The molecular formula is C11H10INO3S2. The SMILES string of the molecule is COCCN1C(=O)C(=Cc2ccc(I)o2)SC1=S. The number of carbonyl (C=O) groups excluding carboxylic acids is 1. The van der Waals surface area contributed by atoms with Gasteiger partial charge in [0.15, 0.2) is 3.77 Å². The molecule has 1 amide bonds. The standard InChI is InChI=1S/C11H10INO3S2/c1-15-5-4-13-10(14)8(18-11(13)17)6-7-2-3-9(12)16-7/h2-3,6H,4-5H2,1H3. The van der Waals surface area contributed by atoms with Gasteiger partial charge < -0.3 is 9.15 Å². The van der Waals surface area contributed by atoms with E-state index in [4.69, 9.17) is 21.4 Å². The van der Waals surface area contributed by atoms with Crippen molar-refractivity contribution in [1.82, 2.24) is 4.90 Å². The first-order chi connectivity index (χ1) is 8.61. The normalized spacial score (nSPS) is 18.1. The van der Waals surface area contributed by atoms with Crippen molar-refractivity contribution in [2.24, 2.45) is 0 Å². The highest BCUT2D eigenvalue weighted by atomic mass is 127. The predicted molar refractivity (Wildman–Crippen MR) is 83.2 cm³/mol. The average Bonchev–Trinajstić information content (AvgIpc) is 2.84. The number of carbonyl (C=O) groups is 1. The minimum Gasteiger partial charge on any atom is -0.451 e. The van der Waals surface area contributed by atoms with Crippen molar-refractivity contribution in [1.29, 1.82) is 0 Å². The molecule has 0 aliphatic carbocycles. The summed E-state index contributed by atoms with van der Waals surface area (Å²) in [5.41, 5.74) is 0. The molecule has 0 spiro atoms. The molecule has 0 atom stereocenters. The number of nitrogens with zero attached hydrogens (tertiary/aromatic N) is 1. The lowest BCUT2D eigenvalue weighted by atomic mass is 10.3. The van der Waals surface area contributed by atoms with Gasteiger partial charge in [-0.05, 0) is 34.7 Å². The van der Waals surface area contributed by atoms with Gasteiger partial charge in [0.2, 0.25) is 0 Å². The zero-order valence-corrected chi connectivity index (χ0v) is 13.3. The van der Waals surface area contributed by atoms with Crippen molar-refractivity contribution in [3.63, 3.8) is 0 Å². The summed E-state index contributed by atoms with van der Waals surface area (Å²) in [4.78, 5) is 14.2. The molecule has 2 rings (SSSR count). The van der Waals surface area contributed by atoms with E-state index in [0.717, 1.165) is 3.77 Å². The molecule has 1 fully saturated rings. The van der Waals surface area contributed by atoms with E-state index in [1.807, 2.05) is 12.1 Å². The van der Waals surface area contributed by atoms with Gasteiger partial charge in [-0.2, -0.15) is 0 Å². The summed E-state index contributed by atoms with van der Waals surface area (Å²) in [6, 6.07) is 3.67. The second-order valence-electron chi connectivity index (χ2n) is 3.47. The fraction of sp³-hybridized carbons (Fsp3) is 0.273. The van der Waals surface area contributed by atoms with E-state index in [1.54, 1.807) is 18.1 Å². The van der Waals surface area contributed by atoms with Crippen LogP contribution in [0.3, 0.4) is 0 Å².